The van der Waals surface area contributed by atoms with Crippen molar-refractivity contribution in [2.24, 2.45) is 0 Å². The standard InChI is InChI=1S/C12H11ClN2O4S2/c1-15(5-8-6-20-7-14-8)21(18,19)9-2-3-10(12(16)17)11(13)4-9/h2-4,6-7H,5H2,1H3,(H,16,17). The van der Waals surface area contributed by atoms with Gasteiger partial charge in [-0.05, 0) is 18.2 Å². The summed E-state index contributed by atoms with van der Waals surface area (Å²) in [5.74, 6) is -1.21. The second-order valence-electron chi connectivity index (χ2n) is 4.19. The van der Waals surface area contributed by atoms with Crippen molar-refractivity contribution in [3.8, 4) is 0 Å². The average Bonchev–Trinajstić information content (AvgIpc) is 2.90. The molecule has 1 N–H and O–H groups in total. The highest BCUT2D eigenvalue weighted by molar-refractivity contribution is 7.89. The summed E-state index contributed by atoms with van der Waals surface area (Å²) in [6.45, 7) is 0.129. The Labute approximate surface area is 130 Å². The van der Waals surface area contributed by atoms with Crippen molar-refractivity contribution in [3.63, 3.8) is 0 Å². The maximum absolute atomic E-state index is 12.4. The third-order valence-corrected chi connectivity index (χ3v) is 5.49. The summed E-state index contributed by atoms with van der Waals surface area (Å²) in [6, 6.07) is 3.54. The lowest BCUT2D eigenvalue weighted by molar-refractivity contribution is 0.0697. The molecule has 112 valence electrons. The maximum atomic E-state index is 12.4. The minimum atomic E-state index is -3.76. The molecule has 0 spiro atoms. The fourth-order valence-corrected chi connectivity index (χ4v) is 3.68. The van der Waals surface area contributed by atoms with Gasteiger partial charge >= 0.3 is 5.97 Å². The first kappa shape index (κ1) is 15.9. The van der Waals surface area contributed by atoms with Gasteiger partial charge < -0.3 is 5.11 Å². The van der Waals surface area contributed by atoms with Gasteiger partial charge in [-0.2, -0.15) is 4.31 Å². The lowest BCUT2D eigenvalue weighted by atomic mass is 10.2. The number of carbonyl (C=O) groups is 1. The molecule has 0 atom stereocenters. The summed E-state index contributed by atoms with van der Waals surface area (Å²) in [4.78, 5) is 14.8. The number of hydrogen-bond acceptors (Lipinski definition) is 5. The molecule has 9 heteroatoms. The van der Waals surface area contributed by atoms with E-state index in [1.165, 1.54) is 30.5 Å². The van der Waals surface area contributed by atoms with E-state index in [1.807, 2.05) is 0 Å². The zero-order valence-electron chi connectivity index (χ0n) is 10.9. The molecule has 0 unspecified atom stereocenters. The third-order valence-electron chi connectivity index (χ3n) is 2.75. The van der Waals surface area contributed by atoms with Crippen LogP contribution < -0.4 is 0 Å². The SMILES string of the molecule is CN(Cc1cscn1)S(=O)(=O)c1ccc(C(=O)O)c(Cl)c1. The van der Waals surface area contributed by atoms with Crippen LogP contribution in [0.25, 0.3) is 0 Å². The maximum Gasteiger partial charge on any atom is 0.337 e. The van der Waals surface area contributed by atoms with Crippen LogP contribution in [0.3, 0.4) is 0 Å². The Morgan fingerprint density at radius 3 is 2.71 bits per heavy atom. The molecule has 6 nitrogen and oxygen atoms in total. The van der Waals surface area contributed by atoms with Crippen LogP contribution in [0.5, 0.6) is 0 Å². The number of aromatic carboxylic acids is 1. The molecule has 0 amide bonds. The Balaban J connectivity index is 2.31. The second kappa shape index (κ2) is 6.10. The fraction of sp³-hybridized carbons (Fsp3) is 0.167. The molecule has 2 aromatic rings. The van der Waals surface area contributed by atoms with Crippen molar-refractivity contribution in [2.75, 3.05) is 7.05 Å². The Morgan fingerprint density at radius 1 is 1.48 bits per heavy atom. The summed E-state index contributed by atoms with van der Waals surface area (Å²) < 4.78 is 25.9. The van der Waals surface area contributed by atoms with Crippen molar-refractivity contribution in [1.82, 2.24) is 9.29 Å². The van der Waals surface area contributed by atoms with Crippen molar-refractivity contribution in [1.29, 1.82) is 0 Å². The topological polar surface area (TPSA) is 87.6 Å². The highest BCUT2D eigenvalue weighted by atomic mass is 35.5. The smallest absolute Gasteiger partial charge is 0.337 e. The largest absolute Gasteiger partial charge is 0.478 e. The van der Waals surface area contributed by atoms with Gasteiger partial charge in [0.25, 0.3) is 0 Å². The van der Waals surface area contributed by atoms with Gasteiger partial charge in [-0.15, -0.1) is 11.3 Å². The molecule has 2 rings (SSSR count). The summed E-state index contributed by atoms with van der Waals surface area (Å²) in [7, 11) is -2.34. The van der Waals surface area contributed by atoms with E-state index >= 15 is 0 Å². The molecule has 0 aliphatic heterocycles. The number of benzene rings is 1. The summed E-state index contributed by atoms with van der Waals surface area (Å²) >= 11 is 7.18. The monoisotopic (exact) mass is 346 g/mol. The number of thiazole rings is 1. The predicted molar refractivity (Wildman–Crippen MR) is 79.2 cm³/mol. The number of sulfonamides is 1. The first-order valence-corrected chi connectivity index (χ1v) is 8.44. The molecular weight excluding hydrogens is 336 g/mol. The number of nitrogens with zero attached hydrogens (tertiary/aromatic N) is 2. The van der Waals surface area contributed by atoms with Gasteiger partial charge in [0, 0.05) is 12.4 Å². The lowest BCUT2D eigenvalue weighted by Crippen LogP contribution is -2.26. The normalized spacial score (nSPS) is 11.8. The number of carboxylic acids is 1. The molecule has 0 saturated heterocycles. The molecule has 0 aliphatic rings. The average molecular weight is 347 g/mol. The minimum Gasteiger partial charge on any atom is -0.478 e. The van der Waals surface area contributed by atoms with Gasteiger partial charge in [-0.3, -0.25) is 0 Å². The zero-order valence-corrected chi connectivity index (χ0v) is 13.2. The molecule has 1 heterocycles. The van der Waals surface area contributed by atoms with Gasteiger partial charge in [0.15, 0.2) is 0 Å². The minimum absolute atomic E-state index is 0.0600. The second-order valence-corrected chi connectivity index (χ2v) is 7.36. The lowest BCUT2D eigenvalue weighted by Gasteiger charge is -2.16. The Kier molecular flexibility index (Phi) is 4.62. The van der Waals surface area contributed by atoms with Gasteiger partial charge in [0.05, 0.1) is 33.2 Å². The van der Waals surface area contributed by atoms with E-state index in [4.69, 9.17) is 16.7 Å². The van der Waals surface area contributed by atoms with E-state index < -0.39 is 16.0 Å². The van der Waals surface area contributed by atoms with Crippen LogP contribution in [0, 0.1) is 0 Å². The number of aromatic nitrogens is 1. The Bertz CT molecular complexity index is 760. The van der Waals surface area contributed by atoms with Gasteiger partial charge in [-0.1, -0.05) is 11.6 Å². The van der Waals surface area contributed by atoms with Crippen molar-refractivity contribution in [2.45, 2.75) is 11.4 Å². The number of rotatable bonds is 5. The quantitative estimate of drug-likeness (QED) is 0.897. The van der Waals surface area contributed by atoms with Crippen molar-refractivity contribution < 1.29 is 18.3 Å². The molecule has 0 saturated carbocycles. The van der Waals surface area contributed by atoms with Gasteiger partial charge in [-0.25, -0.2) is 18.2 Å². The van der Waals surface area contributed by atoms with Crippen molar-refractivity contribution in [3.05, 3.63) is 45.4 Å². The summed E-state index contributed by atoms with van der Waals surface area (Å²) in [6.07, 6.45) is 0. The third kappa shape index (κ3) is 3.41. The van der Waals surface area contributed by atoms with Crippen molar-refractivity contribution >= 4 is 38.9 Å². The molecule has 1 aromatic heterocycles. The first-order valence-electron chi connectivity index (χ1n) is 5.68. The summed E-state index contributed by atoms with van der Waals surface area (Å²) in [5, 5.41) is 10.5. The highest BCUT2D eigenvalue weighted by Gasteiger charge is 2.23. The van der Waals surface area contributed by atoms with Crippen LogP contribution in [0.1, 0.15) is 16.1 Å². The fourth-order valence-electron chi connectivity index (χ4n) is 1.64. The van der Waals surface area contributed by atoms with Crippen LogP contribution in [-0.2, 0) is 16.6 Å². The molecule has 0 bridgehead atoms. The Hall–Kier alpha value is -1.48. The van der Waals surface area contributed by atoms with E-state index in [0.717, 1.165) is 10.4 Å². The van der Waals surface area contributed by atoms with E-state index in [9.17, 15) is 13.2 Å². The molecule has 0 aliphatic carbocycles. The molecule has 0 fully saturated rings. The van der Waals surface area contributed by atoms with Crippen LogP contribution in [0.15, 0.2) is 34.0 Å². The van der Waals surface area contributed by atoms with Crippen LogP contribution in [-0.4, -0.2) is 35.8 Å². The number of hydrogen-bond donors (Lipinski definition) is 1. The molecular formula is C12H11ClN2O4S2. The number of carboxylic acid groups (broad SMARTS) is 1. The van der Waals surface area contributed by atoms with Crippen LogP contribution >= 0.6 is 22.9 Å². The molecule has 1 aromatic carbocycles. The van der Waals surface area contributed by atoms with Crippen LogP contribution in [0.4, 0.5) is 0 Å². The van der Waals surface area contributed by atoms with Gasteiger partial charge in [0.2, 0.25) is 10.0 Å². The Morgan fingerprint density at radius 2 is 2.19 bits per heavy atom. The van der Waals surface area contributed by atoms with E-state index in [-0.39, 0.29) is 22.0 Å². The molecule has 0 radical (unpaired) electrons. The van der Waals surface area contributed by atoms with Crippen LogP contribution in [0.2, 0.25) is 5.02 Å². The molecule has 21 heavy (non-hydrogen) atoms. The highest BCUT2D eigenvalue weighted by Crippen LogP contribution is 2.23. The number of halogens is 1. The predicted octanol–water partition coefficient (Wildman–Crippen LogP) is 2.32. The first-order chi connectivity index (χ1) is 9.82. The van der Waals surface area contributed by atoms with E-state index in [2.05, 4.69) is 4.98 Å². The van der Waals surface area contributed by atoms with E-state index in [0.29, 0.717) is 5.69 Å². The van der Waals surface area contributed by atoms with E-state index in [1.54, 1.807) is 10.9 Å². The van der Waals surface area contributed by atoms with Gasteiger partial charge in [0.1, 0.15) is 0 Å². The summed E-state index contributed by atoms with van der Waals surface area (Å²) in [5.41, 5.74) is 2.12. The zero-order chi connectivity index (χ0) is 15.6.